The van der Waals surface area contributed by atoms with E-state index >= 15 is 0 Å². The third kappa shape index (κ3) is 9.26. The van der Waals surface area contributed by atoms with Gasteiger partial charge in [0.2, 0.25) is 17.5 Å². The topological polar surface area (TPSA) is 269 Å². The second kappa shape index (κ2) is 17.6. The number of nitrogens with one attached hydrogen (secondary N) is 3. The third-order valence-electron chi connectivity index (χ3n) is 10.5. The van der Waals surface area contributed by atoms with Crippen molar-refractivity contribution >= 4 is 46.9 Å². The highest BCUT2D eigenvalue weighted by molar-refractivity contribution is 6.41. The maximum absolute atomic E-state index is 14.2. The van der Waals surface area contributed by atoms with Crippen molar-refractivity contribution in [1.29, 1.82) is 0 Å². The lowest BCUT2D eigenvalue weighted by Gasteiger charge is -2.36. The number of carbonyl (C=O) groups excluding carboxylic acids is 5. The van der Waals surface area contributed by atoms with Gasteiger partial charge in [-0.15, -0.1) is 0 Å². The van der Waals surface area contributed by atoms with Gasteiger partial charge in [0, 0.05) is 47.6 Å². The van der Waals surface area contributed by atoms with E-state index in [1.165, 1.54) is 31.4 Å². The fraction of sp³-hybridized carbons (Fsp3) is 0.429. The number of carbonyl (C=O) groups is 5. The Morgan fingerprint density at radius 1 is 1.03 bits per heavy atom. The first-order valence-electron chi connectivity index (χ1n) is 19.8. The van der Waals surface area contributed by atoms with Crippen molar-refractivity contribution in [1.82, 2.24) is 15.8 Å². The molecule has 3 aliphatic heterocycles. The first-order chi connectivity index (χ1) is 28.8. The van der Waals surface area contributed by atoms with Crippen LogP contribution in [-0.4, -0.2) is 89.4 Å². The molecule has 3 aromatic carbocycles. The number of aliphatic imine (C=N–C) groups is 1. The van der Waals surface area contributed by atoms with Crippen molar-refractivity contribution in [2.75, 3.05) is 25.5 Å². The molecule has 0 saturated carbocycles. The molecule has 61 heavy (non-hydrogen) atoms. The highest BCUT2D eigenvalue weighted by atomic mass is 16.6. The van der Waals surface area contributed by atoms with E-state index < -0.39 is 69.7 Å². The van der Waals surface area contributed by atoms with E-state index in [0.717, 1.165) is 0 Å². The second-order valence-electron chi connectivity index (χ2n) is 16.3. The van der Waals surface area contributed by atoms with E-state index in [1.54, 1.807) is 70.0 Å². The summed E-state index contributed by atoms with van der Waals surface area (Å²) in [5.41, 5.74) is 13.3. The van der Waals surface area contributed by atoms with Crippen LogP contribution in [0.3, 0.4) is 0 Å². The molecule has 0 aromatic heterocycles. The molecule has 3 aromatic rings. The standard InChI is InChI=1S/C42H50N8O11/c1-22(2)34(47-40(55)61-41(3,4)5)36(52)35(51)31-10-8-18-49(31)48-30(9-7-17-45-39(43)44)37(53)46-23-11-15-27-32(19-23)59-33-20-24(50(56)57)12-16-28(33)42(27)29-21-25(58-6)13-14-26(29)38(54)60-42/h11-16,19-22,30-31,34,48H,7-10,17-18H2,1-6H3,(H,46,53)(H,47,55)(H4,43,44,45)/t30?,31-,34-,42?/m0/s1. The fourth-order valence-corrected chi connectivity index (χ4v) is 7.68. The Morgan fingerprint density at radius 3 is 2.39 bits per heavy atom. The van der Waals surface area contributed by atoms with Crippen molar-refractivity contribution in [3.63, 3.8) is 0 Å². The maximum atomic E-state index is 14.2. The molecule has 3 aliphatic rings. The molecule has 0 aliphatic carbocycles. The fourth-order valence-electron chi connectivity index (χ4n) is 7.68. The monoisotopic (exact) mass is 842 g/mol. The number of esters is 1. The smallest absolute Gasteiger partial charge is 0.408 e. The van der Waals surface area contributed by atoms with Crippen LogP contribution in [0.4, 0.5) is 16.2 Å². The number of alkyl carbamates (subject to hydrolysis) is 1. The zero-order chi connectivity index (χ0) is 44.4. The van der Waals surface area contributed by atoms with Crippen LogP contribution in [0.1, 0.15) is 87.4 Å². The molecule has 1 fully saturated rings. The van der Waals surface area contributed by atoms with Gasteiger partial charge in [-0.2, -0.15) is 0 Å². The van der Waals surface area contributed by atoms with E-state index in [2.05, 4.69) is 21.1 Å². The number of hydrazine groups is 1. The summed E-state index contributed by atoms with van der Waals surface area (Å²) in [4.78, 5) is 82.9. The number of hydrogen-bond acceptors (Lipinski definition) is 14. The molecular weight excluding hydrogens is 793 g/mol. The zero-order valence-corrected chi connectivity index (χ0v) is 34.7. The van der Waals surface area contributed by atoms with Crippen LogP contribution in [0.2, 0.25) is 0 Å². The summed E-state index contributed by atoms with van der Waals surface area (Å²) in [5.74, 6) is -2.57. The number of hydrogen-bond donors (Lipinski definition) is 5. The number of anilines is 1. The van der Waals surface area contributed by atoms with Gasteiger partial charge in [0.05, 0.1) is 29.7 Å². The average Bonchev–Trinajstić information content (AvgIpc) is 3.78. The van der Waals surface area contributed by atoms with Crippen LogP contribution in [0.5, 0.6) is 17.2 Å². The largest absolute Gasteiger partial charge is 0.497 e. The number of fused-ring (bicyclic) bond motifs is 6. The Bertz CT molecular complexity index is 2290. The number of amides is 2. The van der Waals surface area contributed by atoms with Gasteiger partial charge >= 0.3 is 12.1 Å². The lowest BCUT2D eigenvalue weighted by molar-refractivity contribution is -0.385. The third-order valence-corrected chi connectivity index (χ3v) is 10.5. The van der Waals surface area contributed by atoms with Crippen LogP contribution in [-0.2, 0) is 29.5 Å². The Balaban J connectivity index is 1.28. The number of benzene rings is 3. The number of guanidine groups is 1. The molecule has 4 atom stereocenters. The normalized spacial score (nSPS) is 18.7. The van der Waals surface area contributed by atoms with Crippen LogP contribution in [0, 0.1) is 16.0 Å². The Labute approximate surface area is 351 Å². The average molecular weight is 843 g/mol. The van der Waals surface area contributed by atoms with Gasteiger partial charge in [0.15, 0.2) is 11.6 Å². The summed E-state index contributed by atoms with van der Waals surface area (Å²) in [5, 5.41) is 18.8. The summed E-state index contributed by atoms with van der Waals surface area (Å²) in [6.07, 6.45) is 0.574. The van der Waals surface area contributed by atoms with Crippen molar-refractivity contribution in [2.24, 2.45) is 22.4 Å². The number of ether oxygens (including phenoxy) is 4. The van der Waals surface area contributed by atoms with Crippen LogP contribution >= 0.6 is 0 Å². The zero-order valence-electron chi connectivity index (χ0n) is 34.7. The van der Waals surface area contributed by atoms with Gasteiger partial charge in [-0.3, -0.25) is 29.5 Å². The molecule has 7 N–H and O–H groups in total. The number of nitrogens with two attached hydrogens (primary N) is 2. The molecule has 19 heteroatoms. The van der Waals surface area contributed by atoms with Gasteiger partial charge in [-0.1, -0.05) is 13.8 Å². The predicted molar refractivity (Wildman–Crippen MR) is 221 cm³/mol. The molecule has 0 bridgehead atoms. The van der Waals surface area contributed by atoms with Crippen LogP contribution in [0.15, 0.2) is 59.6 Å². The van der Waals surface area contributed by atoms with Crippen molar-refractivity contribution < 1.29 is 47.8 Å². The summed E-state index contributed by atoms with van der Waals surface area (Å²) in [6, 6.07) is 10.6. The number of nitro groups is 1. The summed E-state index contributed by atoms with van der Waals surface area (Å²) in [7, 11) is 1.48. The molecule has 19 nitrogen and oxygen atoms in total. The first kappa shape index (κ1) is 44.0. The van der Waals surface area contributed by atoms with Gasteiger partial charge in [0.1, 0.15) is 34.9 Å². The van der Waals surface area contributed by atoms with Crippen LogP contribution < -0.4 is 37.0 Å². The molecule has 2 unspecified atom stereocenters. The molecule has 1 saturated heterocycles. The molecule has 1 spiro atoms. The molecular formula is C42H50N8O11. The predicted octanol–water partition coefficient (Wildman–Crippen LogP) is 4.19. The lowest BCUT2D eigenvalue weighted by Crippen LogP contribution is -2.57. The Hall–Kier alpha value is -6.60. The number of rotatable bonds is 15. The van der Waals surface area contributed by atoms with Gasteiger partial charge in [-0.25, -0.2) is 20.0 Å². The molecule has 6 rings (SSSR count). The molecule has 324 valence electrons. The highest BCUT2D eigenvalue weighted by Gasteiger charge is 2.54. The number of Topliss-reactive ketones (excluding diaryl/α,β-unsaturated/α-hetero) is 2. The van der Waals surface area contributed by atoms with Gasteiger partial charge < -0.3 is 41.0 Å². The van der Waals surface area contributed by atoms with E-state index in [0.29, 0.717) is 48.2 Å². The number of methoxy groups -OCH3 is 1. The highest BCUT2D eigenvalue weighted by Crippen LogP contribution is 2.57. The quantitative estimate of drug-likeness (QED) is 0.0273. The molecule has 0 radical (unpaired) electrons. The first-order valence-corrected chi connectivity index (χ1v) is 19.8. The van der Waals surface area contributed by atoms with Gasteiger partial charge in [0.25, 0.3) is 5.69 Å². The minimum Gasteiger partial charge on any atom is -0.497 e. The number of ketones is 2. The van der Waals surface area contributed by atoms with E-state index in [4.69, 9.17) is 30.4 Å². The van der Waals surface area contributed by atoms with Crippen LogP contribution in [0.25, 0.3) is 0 Å². The van der Waals surface area contributed by atoms with Crippen molar-refractivity contribution in [3.8, 4) is 17.2 Å². The van der Waals surface area contributed by atoms with E-state index in [9.17, 15) is 34.1 Å². The summed E-state index contributed by atoms with van der Waals surface area (Å²) in [6.45, 7) is 9.00. The summed E-state index contributed by atoms with van der Waals surface area (Å²) >= 11 is 0. The van der Waals surface area contributed by atoms with Crippen molar-refractivity contribution in [2.45, 2.75) is 89.6 Å². The molecule has 3 heterocycles. The Morgan fingerprint density at radius 2 is 1.74 bits per heavy atom. The van der Waals surface area contributed by atoms with E-state index in [-0.39, 0.29) is 47.4 Å². The Kier molecular flexibility index (Phi) is 12.6. The van der Waals surface area contributed by atoms with E-state index in [1.807, 2.05) is 0 Å². The lowest BCUT2D eigenvalue weighted by atomic mass is 9.77. The maximum Gasteiger partial charge on any atom is 0.408 e. The minimum atomic E-state index is -1.58. The second-order valence-corrected chi connectivity index (χ2v) is 16.3. The summed E-state index contributed by atoms with van der Waals surface area (Å²) < 4.78 is 23.2. The van der Waals surface area contributed by atoms with Gasteiger partial charge in [-0.05, 0) is 88.8 Å². The number of nitro benzene ring substituents is 1. The minimum absolute atomic E-state index is 0.0632. The SMILES string of the molecule is COc1ccc2c(c1)C1(OC2=O)c2ccc(NC(=O)C(CCCN=C(N)N)NN3CCC[C@H]3C(=O)C(=O)[C@@H](NC(=O)OC(C)(C)C)C(C)C)cc2Oc2cc([N+](=O)[O-])ccc21. The number of nitrogens with zero attached hydrogens (tertiary/aromatic N) is 3. The number of non-ortho nitro benzene ring substituents is 1. The van der Waals surface area contributed by atoms with Crippen molar-refractivity contribution in [3.05, 3.63) is 87.0 Å². The molecule has 2 amide bonds.